The van der Waals surface area contributed by atoms with E-state index in [1.54, 1.807) is 4.90 Å². The SMILES string of the molecule is [C-]#[N+]C1([N+]#[C-])CC2=C(COC(C)=O)C(=C)CC2=C[C@@H]2C1=C[C@H]1CCC2N1C(=O)OC(C)(C)C. The summed E-state index contributed by atoms with van der Waals surface area (Å²) in [7, 11) is 0. The molecule has 0 aromatic rings. The number of hydrogen-bond donors (Lipinski definition) is 0. The van der Waals surface area contributed by atoms with Crippen LogP contribution in [-0.4, -0.2) is 46.9 Å². The average Bonchev–Trinajstić information content (AvgIpc) is 3.15. The minimum Gasteiger partial charge on any atom is -0.461 e. The molecule has 0 aromatic carbocycles. The largest absolute Gasteiger partial charge is 0.510 e. The van der Waals surface area contributed by atoms with Gasteiger partial charge >= 0.3 is 17.7 Å². The highest BCUT2D eigenvalue weighted by Gasteiger charge is 2.60. The quantitative estimate of drug-likeness (QED) is 0.340. The van der Waals surface area contributed by atoms with Crippen LogP contribution in [0.4, 0.5) is 4.79 Å². The highest BCUT2D eigenvalue weighted by atomic mass is 16.6. The molecule has 172 valence electrons. The number of esters is 1. The number of carbonyl (C=O) groups excluding carboxylic acids is 2. The van der Waals surface area contributed by atoms with Gasteiger partial charge in [0.2, 0.25) is 0 Å². The van der Waals surface area contributed by atoms with Crippen LogP contribution in [0, 0.1) is 19.1 Å². The molecule has 2 aliphatic carbocycles. The van der Waals surface area contributed by atoms with Gasteiger partial charge in [0.15, 0.2) is 0 Å². The summed E-state index contributed by atoms with van der Waals surface area (Å²) >= 11 is 0. The van der Waals surface area contributed by atoms with Crippen LogP contribution in [-0.2, 0) is 14.3 Å². The van der Waals surface area contributed by atoms with Gasteiger partial charge in [-0.2, -0.15) is 0 Å². The van der Waals surface area contributed by atoms with Crippen LogP contribution in [0.1, 0.15) is 53.4 Å². The number of rotatable bonds is 2. The van der Waals surface area contributed by atoms with Gasteiger partial charge in [0, 0.05) is 18.9 Å². The Bertz CT molecular complexity index is 1090. The average molecular weight is 448 g/mol. The number of ether oxygens (including phenoxy) is 2. The van der Waals surface area contributed by atoms with Crippen LogP contribution in [0.5, 0.6) is 0 Å². The second-order valence-electron chi connectivity index (χ2n) is 10.2. The molecule has 1 amide bonds. The zero-order valence-electron chi connectivity index (χ0n) is 19.6. The van der Waals surface area contributed by atoms with E-state index in [0.717, 1.165) is 40.7 Å². The third kappa shape index (κ3) is 3.86. The summed E-state index contributed by atoms with van der Waals surface area (Å²) in [5.41, 5.74) is 2.34. The van der Waals surface area contributed by atoms with Crippen molar-refractivity contribution < 1.29 is 19.1 Å². The van der Waals surface area contributed by atoms with Gasteiger partial charge in [0.25, 0.3) is 0 Å². The lowest BCUT2D eigenvalue weighted by Gasteiger charge is -2.38. The Morgan fingerprint density at radius 2 is 1.94 bits per heavy atom. The van der Waals surface area contributed by atoms with Gasteiger partial charge in [-0.3, -0.25) is 9.69 Å². The van der Waals surface area contributed by atoms with Crippen molar-refractivity contribution in [1.29, 1.82) is 0 Å². The van der Waals surface area contributed by atoms with Crippen molar-refractivity contribution >= 4 is 12.1 Å². The highest BCUT2D eigenvalue weighted by Crippen LogP contribution is 2.53. The van der Waals surface area contributed by atoms with E-state index in [4.69, 9.17) is 22.6 Å². The molecule has 1 fully saturated rings. The normalized spacial score (nSPS) is 27.4. The van der Waals surface area contributed by atoms with Crippen molar-refractivity contribution in [2.24, 2.45) is 5.92 Å². The summed E-state index contributed by atoms with van der Waals surface area (Å²) in [6, 6.07) is -0.342. The number of amides is 1. The molecular weight excluding hydrogens is 418 g/mol. The zero-order valence-corrected chi connectivity index (χ0v) is 19.6. The van der Waals surface area contributed by atoms with Crippen LogP contribution >= 0.6 is 0 Å². The van der Waals surface area contributed by atoms with E-state index >= 15 is 0 Å². The summed E-state index contributed by atoms with van der Waals surface area (Å²) in [5.74, 6) is -0.627. The summed E-state index contributed by atoms with van der Waals surface area (Å²) < 4.78 is 11.0. The fourth-order valence-corrected chi connectivity index (χ4v) is 5.49. The van der Waals surface area contributed by atoms with Crippen molar-refractivity contribution in [1.82, 2.24) is 4.90 Å². The number of fused-ring (bicyclic) bond motifs is 5. The maximum absolute atomic E-state index is 13.1. The van der Waals surface area contributed by atoms with Crippen LogP contribution in [0.25, 0.3) is 9.69 Å². The number of nitrogens with zero attached hydrogens (tertiary/aromatic N) is 3. The molecule has 1 saturated heterocycles. The molecule has 2 aliphatic heterocycles. The topological polar surface area (TPSA) is 64.6 Å². The van der Waals surface area contributed by atoms with E-state index < -0.39 is 11.3 Å². The predicted octanol–water partition coefficient (Wildman–Crippen LogP) is 5.00. The second-order valence-corrected chi connectivity index (χ2v) is 10.2. The van der Waals surface area contributed by atoms with Crippen LogP contribution in [0.15, 0.2) is 46.6 Å². The van der Waals surface area contributed by atoms with Crippen molar-refractivity contribution in [3.05, 3.63) is 69.4 Å². The van der Waals surface area contributed by atoms with Gasteiger partial charge in [-0.05, 0) is 68.4 Å². The lowest BCUT2D eigenvalue weighted by atomic mass is 9.80. The molecule has 3 atom stereocenters. The smallest absolute Gasteiger partial charge is 0.461 e. The Hall–Kier alpha value is -3.32. The number of allylic oxidation sites excluding steroid dienone is 1. The monoisotopic (exact) mass is 447 g/mol. The Morgan fingerprint density at radius 3 is 2.55 bits per heavy atom. The molecule has 33 heavy (non-hydrogen) atoms. The first-order valence-electron chi connectivity index (χ1n) is 11.2. The maximum Gasteiger partial charge on any atom is 0.510 e. The van der Waals surface area contributed by atoms with E-state index in [0.29, 0.717) is 6.42 Å². The van der Waals surface area contributed by atoms with E-state index in [1.807, 2.05) is 26.8 Å². The van der Waals surface area contributed by atoms with Crippen molar-refractivity contribution in [3.63, 3.8) is 0 Å². The Kier molecular flexibility index (Phi) is 5.48. The first kappa shape index (κ1) is 22.9. The Morgan fingerprint density at radius 1 is 1.24 bits per heavy atom. The lowest BCUT2D eigenvalue weighted by Crippen LogP contribution is -2.51. The molecule has 1 unspecified atom stereocenters. The van der Waals surface area contributed by atoms with E-state index in [1.165, 1.54) is 6.92 Å². The summed E-state index contributed by atoms with van der Waals surface area (Å²) in [6.07, 6.45) is 6.12. The van der Waals surface area contributed by atoms with E-state index in [2.05, 4.69) is 22.3 Å². The first-order chi connectivity index (χ1) is 15.5. The lowest BCUT2D eigenvalue weighted by molar-refractivity contribution is -0.139. The fraction of sp³-hybridized carbons (Fsp3) is 0.538. The third-order valence-corrected chi connectivity index (χ3v) is 6.86. The minimum atomic E-state index is -1.38. The molecule has 2 heterocycles. The number of hydrogen-bond acceptors (Lipinski definition) is 4. The van der Waals surface area contributed by atoms with Crippen molar-refractivity contribution in [3.8, 4) is 0 Å². The molecule has 7 heteroatoms. The predicted molar refractivity (Wildman–Crippen MR) is 123 cm³/mol. The molecule has 0 aromatic heterocycles. The summed E-state index contributed by atoms with van der Waals surface area (Å²) in [5, 5.41) is 0. The number of carbonyl (C=O) groups is 2. The Labute approximate surface area is 195 Å². The third-order valence-electron chi connectivity index (χ3n) is 6.86. The standard InChI is InChI=1S/C26H29N3O4/c1-15-10-17-11-19-22(12-18-8-9-23(19)29(18)24(31)33-25(3,4)5)26(27-6,28-7)13-20(17)21(15)14-32-16(2)30/h11-12,18-19,23H,1,8-10,13-14H2,2-5H3/t18-,19-,23?/m1/s1. The second kappa shape index (κ2) is 7.92. The van der Waals surface area contributed by atoms with E-state index in [-0.39, 0.29) is 43.1 Å². The van der Waals surface area contributed by atoms with Crippen LogP contribution in [0.2, 0.25) is 0 Å². The summed E-state index contributed by atoms with van der Waals surface area (Å²) in [6.45, 7) is 27.2. The van der Waals surface area contributed by atoms with Gasteiger partial charge in [0.1, 0.15) is 24.2 Å². The molecule has 7 nitrogen and oxygen atoms in total. The van der Waals surface area contributed by atoms with Crippen molar-refractivity contribution in [2.75, 3.05) is 6.61 Å². The van der Waals surface area contributed by atoms with E-state index in [9.17, 15) is 9.59 Å². The fourth-order valence-electron chi connectivity index (χ4n) is 5.49. The Balaban J connectivity index is 1.81. The van der Waals surface area contributed by atoms with Gasteiger partial charge in [-0.1, -0.05) is 12.7 Å². The van der Waals surface area contributed by atoms with Gasteiger partial charge < -0.3 is 9.47 Å². The van der Waals surface area contributed by atoms with Crippen LogP contribution in [0.3, 0.4) is 0 Å². The molecule has 4 aliphatic rings. The maximum atomic E-state index is 13.1. The molecule has 4 rings (SSSR count). The van der Waals surface area contributed by atoms with Crippen LogP contribution < -0.4 is 0 Å². The van der Waals surface area contributed by atoms with Gasteiger partial charge in [-0.25, -0.2) is 27.6 Å². The van der Waals surface area contributed by atoms with Crippen molar-refractivity contribution in [2.45, 2.75) is 76.7 Å². The molecule has 0 N–H and O–H groups in total. The first-order valence-corrected chi connectivity index (χ1v) is 11.2. The molecule has 0 spiro atoms. The molecular formula is C26H29N3O4. The minimum absolute atomic E-state index is 0.0900. The molecule has 2 bridgehead atoms. The zero-order chi connectivity index (χ0) is 24.1. The van der Waals surface area contributed by atoms with Gasteiger partial charge in [-0.15, -0.1) is 0 Å². The van der Waals surface area contributed by atoms with Gasteiger partial charge in [0.05, 0.1) is 6.04 Å². The highest BCUT2D eigenvalue weighted by molar-refractivity contribution is 5.72. The molecule has 0 saturated carbocycles. The molecule has 0 radical (unpaired) electrons. The summed E-state index contributed by atoms with van der Waals surface area (Å²) in [4.78, 5) is 34.0.